The van der Waals surface area contributed by atoms with Crippen molar-refractivity contribution >= 4 is 5.97 Å². The summed E-state index contributed by atoms with van der Waals surface area (Å²) in [5, 5.41) is 9.25. The van der Waals surface area contributed by atoms with Gasteiger partial charge in [0.25, 0.3) is 0 Å². The fraction of sp³-hybridized carbons (Fsp3) is 0.500. The van der Waals surface area contributed by atoms with Gasteiger partial charge in [0.2, 0.25) is 0 Å². The Morgan fingerprint density at radius 3 is 2.44 bits per heavy atom. The average molecular weight is 250 g/mol. The molecule has 0 saturated heterocycles. The fourth-order valence-corrected chi connectivity index (χ4v) is 2.23. The molecule has 0 aromatic heterocycles. The van der Waals surface area contributed by atoms with Gasteiger partial charge >= 0.3 is 5.97 Å². The summed E-state index contributed by atoms with van der Waals surface area (Å²) in [4.78, 5) is 11.3. The first kappa shape index (κ1) is 12.7. The maximum Gasteiger partial charge on any atom is 0.309 e. The van der Waals surface area contributed by atoms with Gasteiger partial charge in [-0.2, -0.15) is 0 Å². The molecule has 0 radical (unpaired) electrons. The zero-order valence-electron chi connectivity index (χ0n) is 10.9. The van der Waals surface area contributed by atoms with Gasteiger partial charge in [-0.1, -0.05) is 0 Å². The van der Waals surface area contributed by atoms with Gasteiger partial charge in [-0.3, -0.25) is 4.79 Å². The molecular formula is C14H18O4. The van der Waals surface area contributed by atoms with Crippen LogP contribution < -0.4 is 9.47 Å². The Balaban J connectivity index is 2.35. The molecule has 1 fully saturated rings. The van der Waals surface area contributed by atoms with Crippen LogP contribution in [0.4, 0.5) is 0 Å². The highest BCUT2D eigenvalue weighted by Crippen LogP contribution is 2.50. The highest BCUT2D eigenvalue weighted by Gasteiger charge is 2.50. The summed E-state index contributed by atoms with van der Waals surface area (Å²) in [6, 6.07) is 3.72. The van der Waals surface area contributed by atoms with E-state index in [1.54, 1.807) is 20.3 Å². The number of benzene rings is 1. The second kappa shape index (κ2) is 4.52. The van der Waals surface area contributed by atoms with Crippen LogP contribution in [-0.2, 0) is 11.2 Å². The van der Waals surface area contributed by atoms with E-state index in [-0.39, 0.29) is 0 Å². The van der Waals surface area contributed by atoms with Crippen LogP contribution in [0.2, 0.25) is 0 Å². The molecule has 0 aliphatic heterocycles. The molecule has 18 heavy (non-hydrogen) atoms. The Hall–Kier alpha value is -1.71. The van der Waals surface area contributed by atoms with Crippen molar-refractivity contribution in [1.29, 1.82) is 0 Å². The Kier molecular flexibility index (Phi) is 3.20. The number of carbonyl (C=O) groups is 1. The van der Waals surface area contributed by atoms with Gasteiger partial charge in [-0.15, -0.1) is 0 Å². The molecule has 1 aliphatic carbocycles. The van der Waals surface area contributed by atoms with Crippen molar-refractivity contribution < 1.29 is 19.4 Å². The third kappa shape index (κ3) is 2.15. The van der Waals surface area contributed by atoms with Crippen molar-refractivity contribution in [2.75, 3.05) is 14.2 Å². The number of carboxylic acids is 1. The maximum absolute atomic E-state index is 11.3. The molecule has 0 amide bonds. The van der Waals surface area contributed by atoms with Crippen molar-refractivity contribution in [1.82, 2.24) is 0 Å². The van der Waals surface area contributed by atoms with E-state index in [1.807, 2.05) is 13.0 Å². The quantitative estimate of drug-likeness (QED) is 0.872. The highest BCUT2D eigenvalue weighted by atomic mass is 16.5. The molecule has 98 valence electrons. The largest absolute Gasteiger partial charge is 0.497 e. The average Bonchev–Trinajstić information content (AvgIpc) is 3.12. The van der Waals surface area contributed by atoms with E-state index in [1.165, 1.54) is 0 Å². The van der Waals surface area contributed by atoms with E-state index in [4.69, 9.17) is 9.47 Å². The van der Waals surface area contributed by atoms with E-state index in [0.717, 1.165) is 29.7 Å². The molecule has 4 heteroatoms. The molecule has 0 spiro atoms. The van der Waals surface area contributed by atoms with Gasteiger partial charge < -0.3 is 14.6 Å². The number of hydrogen-bond acceptors (Lipinski definition) is 3. The first-order chi connectivity index (χ1) is 8.52. The van der Waals surface area contributed by atoms with E-state index >= 15 is 0 Å². The lowest BCUT2D eigenvalue weighted by molar-refractivity contribution is -0.143. The predicted molar refractivity (Wildman–Crippen MR) is 67.3 cm³/mol. The number of rotatable bonds is 5. The zero-order valence-corrected chi connectivity index (χ0v) is 10.9. The van der Waals surface area contributed by atoms with E-state index in [0.29, 0.717) is 12.2 Å². The second-order valence-electron chi connectivity index (χ2n) is 4.89. The lowest BCUT2D eigenvalue weighted by Crippen LogP contribution is -2.18. The fourth-order valence-electron chi connectivity index (χ4n) is 2.23. The van der Waals surface area contributed by atoms with Crippen LogP contribution in [0.15, 0.2) is 12.1 Å². The monoisotopic (exact) mass is 250 g/mol. The van der Waals surface area contributed by atoms with Crippen LogP contribution in [0.25, 0.3) is 0 Å². The summed E-state index contributed by atoms with van der Waals surface area (Å²) in [7, 11) is 3.20. The van der Waals surface area contributed by atoms with Gasteiger partial charge in [0.15, 0.2) is 0 Å². The standard InChI is InChI=1S/C14H18O4/c1-9-6-10(17-2)7-12(18-3)11(9)8-14(4-5-14)13(15)16/h6-7H,4-5,8H2,1-3H3,(H,15,16). The molecule has 1 aromatic rings. The van der Waals surface area contributed by atoms with Gasteiger partial charge in [-0.25, -0.2) is 0 Å². The van der Waals surface area contributed by atoms with Gasteiger partial charge in [0.1, 0.15) is 11.5 Å². The van der Waals surface area contributed by atoms with E-state index in [2.05, 4.69) is 0 Å². The van der Waals surface area contributed by atoms with Crippen LogP contribution in [-0.4, -0.2) is 25.3 Å². The molecule has 1 saturated carbocycles. The van der Waals surface area contributed by atoms with E-state index < -0.39 is 11.4 Å². The third-order valence-electron chi connectivity index (χ3n) is 3.68. The summed E-state index contributed by atoms with van der Waals surface area (Å²) in [6.07, 6.45) is 2.02. The molecule has 0 heterocycles. The molecule has 0 atom stereocenters. The zero-order chi connectivity index (χ0) is 13.3. The lowest BCUT2D eigenvalue weighted by Gasteiger charge is -2.17. The molecule has 1 aliphatic rings. The molecule has 0 bridgehead atoms. The van der Waals surface area contributed by atoms with Crippen molar-refractivity contribution in [2.24, 2.45) is 5.41 Å². The van der Waals surface area contributed by atoms with Crippen molar-refractivity contribution in [2.45, 2.75) is 26.2 Å². The molecule has 2 rings (SSSR count). The minimum Gasteiger partial charge on any atom is -0.497 e. The van der Waals surface area contributed by atoms with Gasteiger partial charge in [0.05, 0.1) is 19.6 Å². The SMILES string of the molecule is COc1cc(C)c(CC2(C(=O)O)CC2)c(OC)c1. The minimum absolute atomic E-state index is 0.529. The van der Waals surface area contributed by atoms with Gasteiger partial charge in [-0.05, 0) is 43.4 Å². The lowest BCUT2D eigenvalue weighted by atomic mass is 9.93. The Bertz CT molecular complexity index is 475. The number of aliphatic carboxylic acids is 1. The van der Waals surface area contributed by atoms with Crippen LogP contribution >= 0.6 is 0 Å². The van der Waals surface area contributed by atoms with Crippen molar-refractivity contribution in [3.05, 3.63) is 23.3 Å². The van der Waals surface area contributed by atoms with Crippen LogP contribution in [0.5, 0.6) is 11.5 Å². The Morgan fingerprint density at radius 2 is 2.00 bits per heavy atom. The molecular weight excluding hydrogens is 232 g/mol. The molecule has 1 N–H and O–H groups in total. The van der Waals surface area contributed by atoms with Crippen molar-refractivity contribution in [3.8, 4) is 11.5 Å². The normalized spacial score (nSPS) is 16.2. The topological polar surface area (TPSA) is 55.8 Å². The smallest absolute Gasteiger partial charge is 0.309 e. The Labute approximate surface area is 107 Å². The third-order valence-corrected chi connectivity index (χ3v) is 3.68. The molecule has 0 unspecified atom stereocenters. The summed E-state index contributed by atoms with van der Waals surface area (Å²) in [6.45, 7) is 1.96. The predicted octanol–water partition coefficient (Wildman–Crippen LogP) is 2.42. The maximum atomic E-state index is 11.3. The second-order valence-corrected chi connectivity index (χ2v) is 4.89. The number of aryl methyl sites for hydroxylation is 1. The number of methoxy groups -OCH3 is 2. The van der Waals surface area contributed by atoms with E-state index in [9.17, 15) is 9.90 Å². The van der Waals surface area contributed by atoms with Crippen LogP contribution in [0.3, 0.4) is 0 Å². The number of hydrogen-bond donors (Lipinski definition) is 1. The van der Waals surface area contributed by atoms with Crippen molar-refractivity contribution in [3.63, 3.8) is 0 Å². The molecule has 1 aromatic carbocycles. The summed E-state index contributed by atoms with van der Waals surface area (Å²) in [5.41, 5.74) is 1.41. The summed E-state index contributed by atoms with van der Waals surface area (Å²) in [5.74, 6) is 0.729. The minimum atomic E-state index is -0.709. The summed E-state index contributed by atoms with van der Waals surface area (Å²) < 4.78 is 10.5. The van der Waals surface area contributed by atoms with Crippen LogP contribution in [0.1, 0.15) is 24.0 Å². The highest BCUT2D eigenvalue weighted by molar-refractivity contribution is 5.78. The first-order valence-electron chi connectivity index (χ1n) is 5.97. The number of carboxylic acid groups (broad SMARTS) is 1. The molecule has 4 nitrogen and oxygen atoms in total. The van der Waals surface area contributed by atoms with Crippen LogP contribution in [0, 0.1) is 12.3 Å². The summed E-state index contributed by atoms with van der Waals surface area (Å²) >= 11 is 0. The van der Waals surface area contributed by atoms with Gasteiger partial charge in [0, 0.05) is 6.07 Å². The Morgan fingerprint density at radius 1 is 1.33 bits per heavy atom. The number of ether oxygens (including phenoxy) is 2. The first-order valence-corrected chi connectivity index (χ1v) is 5.97.